The summed E-state index contributed by atoms with van der Waals surface area (Å²) in [5.74, 6) is 0.106. The van der Waals surface area contributed by atoms with Gasteiger partial charge in [-0.05, 0) is 25.0 Å². The Balaban J connectivity index is 1.97. The van der Waals surface area contributed by atoms with Gasteiger partial charge in [0.05, 0.1) is 39.1 Å². The molecule has 1 unspecified atom stereocenters. The van der Waals surface area contributed by atoms with Gasteiger partial charge in [0.2, 0.25) is 0 Å². The number of hydrogen-bond donors (Lipinski definition) is 0. The molecule has 1 atom stereocenters. The summed E-state index contributed by atoms with van der Waals surface area (Å²) < 4.78 is 58.9. The summed E-state index contributed by atoms with van der Waals surface area (Å²) in [6.45, 7) is -2.04. The molecule has 0 N–H and O–H groups in total. The minimum Gasteiger partial charge on any atom is -0.367 e. The Kier molecular flexibility index (Phi) is 5.73. The van der Waals surface area contributed by atoms with Crippen molar-refractivity contribution in [2.45, 2.75) is 36.4 Å². The minimum atomic E-state index is -4.52. The maximum Gasteiger partial charge on any atom is 0.411 e. The number of alkyl halides is 3. The average molecular weight is 422 g/mol. The fraction of sp³-hybridized carbons (Fsp3) is 0.412. The highest BCUT2D eigenvalue weighted by Crippen LogP contribution is 2.42. The van der Waals surface area contributed by atoms with Gasteiger partial charge in [0.25, 0.3) is 0 Å². The van der Waals surface area contributed by atoms with Crippen LogP contribution in [-0.2, 0) is 22.1 Å². The number of nitrogens with zero attached hydrogens (tertiary/aromatic N) is 1. The fourth-order valence-corrected chi connectivity index (χ4v) is 3.83. The Labute approximate surface area is 160 Å². The molecule has 1 aliphatic carbocycles. The molecule has 27 heavy (non-hydrogen) atoms. The number of carbonyl (C=O) groups is 1. The molecule has 10 heteroatoms. The van der Waals surface area contributed by atoms with Crippen molar-refractivity contribution in [3.8, 4) is 0 Å². The molecule has 1 aromatic heterocycles. The van der Waals surface area contributed by atoms with E-state index in [4.69, 9.17) is 20.9 Å². The second-order valence-electron chi connectivity index (χ2n) is 6.17. The van der Waals surface area contributed by atoms with E-state index in [0.717, 1.165) is 12.8 Å². The van der Waals surface area contributed by atoms with E-state index in [1.54, 1.807) is 0 Å². The maximum atomic E-state index is 13.0. The lowest BCUT2D eigenvalue weighted by Gasteiger charge is -2.14. The lowest BCUT2D eigenvalue weighted by Crippen LogP contribution is -2.18. The van der Waals surface area contributed by atoms with Crippen molar-refractivity contribution in [2.75, 3.05) is 12.9 Å². The Bertz CT molecular complexity index is 893. The largest absolute Gasteiger partial charge is 0.411 e. The average Bonchev–Trinajstić information content (AvgIpc) is 3.31. The standard InChI is InChI=1S/C17H15ClF3NO4S/c1-27(24)13-5-4-10(12(14(13)18)7-25-8-17(19,20)21)15(23)11-6-22-26-16(11)9-2-3-9/h4-6,9H,2-3,7-8H2,1H3. The van der Waals surface area contributed by atoms with Gasteiger partial charge in [-0.3, -0.25) is 9.00 Å². The van der Waals surface area contributed by atoms with Crippen LogP contribution in [-0.4, -0.2) is 34.2 Å². The third-order valence-corrected chi connectivity index (χ3v) is 5.57. The van der Waals surface area contributed by atoms with E-state index in [0.29, 0.717) is 5.76 Å². The zero-order valence-electron chi connectivity index (χ0n) is 14.1. The first kappa shape index (κ1) is 20.0. The van der Waals surface area contributed by atoms with Gasteiger partial charge in [-0.1, -0.05) is 16.8 Å². The van der Waals surface area contributed by atoms with Gasteiger partial charge in [0.1, 0.15) is 6.61 Å². The van der Waals surface area contributed by atoms with Crippen LogP contribution >= 0.6 is 11.6 Å². The van der Waals surface area contributed by atoms with E-state index < -0.39 is 36.0 Å². The number of rotatable bonds is 7. The third kappa shape index (κ3) is 4.59. The molecule has 0 amide bonds. The fourth-order valence-electron chi connectivity index (χ4n) is 2.65. The SMILES string of the molecule is CS(=O)c1ccc(C(=O)c2cnoc2C2CC2)c(COCC(F)(F)F)c1Cl. The topological polar surface area (TPSA) is 69.4 Å². The first-order valence-corrected chi connectivity index (χ1v) is 9.91. The highest BCUT2D eigenvalue weighted by molar-refractivity contribution is 7.84. The zero-order valence-corrected chi connectivity index (χ0v) is 15.7. The van der Waals surface area contributed by atoms with Crippen LogP contribution in [0.4, 0.5) is 13.2 Å². The summed E-state index contributed by atoms with van der Waals surface area (Å²) in [5.41, 5.74) is 0.374. The van der Waals surface area contributed by atoms with Gasteiger partial charge < -0.3 is 9.26 Å². The molecule has 1 aromatic carbocycles. The van der Waals surface area contributed by atoms with Crippen molar-refractivity contribution in [1.82, 2.24) is 5.16 Å². The summed E-state index contributed by atoms with van der Waals surface area (Å²) in [4.78, 5) is 13.2. The van der Waals surface area contributed by atoms with Gasteiger partial charge in [0, 0.05) is 23.3 Å². The van der Waals surface area contributed by atoms with Crippen molar-refractivity contribution in [3.05, 3.63) is 45.8 Å². The summed E-state index contributed by atoms with van der Waals surface area (Å²) in [7, 11) is -1.49. The number of aromatic nitrogens is 1. The molecule has 0 aliphatic heterocycles. The van der Waals surface area contributed by atoms with Gasteiger partial charge in [-0.2, -0.15) is 13.2 Å². The van der Waals surface area contributed by atoms with Crippen molar-refractivity contribution in [3.63, 3.8) is 0 Å². The molecule has 2 aromatic rings. The zero-order chi connectivity index (χ0) is 19.8. The molecule has 5 nitrogen and oxygen atoms in total. The molecule has 146 valence electrons. The van der Waals surface area contributed by atoms with E-state index in [1.165, 1.54) is 24.6 Å². The van der Waals surface area contributed by atoms with Gasteiger partial charge in [-0.15, -0.1) is 0 Å². The van der Waals surface area contributed by atoms with Crippen LogP contribution in [0.1, 0.15) is 46.0 Å². The predicted octanol–water partition coefficient (Wildman–Crippen LogP) is 4.25. The van der Waals surface area contributed by atoms with Gasteiger partial charge in [0.15, 0.2) is 11.5 Å². The highest BCUT2D eigenvalue weighted by Gasteiger charge is 2.34. The van der Waals surface area contributed by atoms with E-state index in [-0.39, 0.29) is 32.5 Å². The summed E-state index contributed by atoms with van der Waals surface area (Å²) in [6.07, 6.45) is -0.0864. The van der Waals surface area contributed by atoms with Gasteiger partial charge >= 0.3 is 6.18 Å². The van der Waals surface area contributed by atoms with Crippen LogP contribution in [0, 0.1) is 0 Å². The Morgan fingerprint density at radius 1 is 1.37 bits per heavy atom. The van der Waals surface area contributed by atoms with E-state index in [9.17, 15) is 22.2 Å². The second kappa shape index (κ2) is 7.73. The Morgan fingerprint density at radius 2 is 2.07 bits per heavy atom. The first-order chi connectivity index (χ1) is 12.7. The summed E-state index contributed by atoms with van der Waals surface area (Å²) in [5, 5.41) is 3.62. The van der Waals surface area contributed by atoms with Crippen LogP contribution in [0.5, 0.6) is 0 Å². The van der Waals surface area contributed by atoms with E-state index in [2.05, 4.69) is 5.16 Å². The number of benzene rings is 1. The molecule has 1 fully saturated rings. The molecule has 0 radical (unpaired) electrons. The van der Waals surface area contributed by atoms with Crippen molar-refractivity contribution in [2.24, 2.45) is 0 Å². The van der Waals surface area contributed by atoms with Crippen LogP contribution in [0.15, 0.2) is 27.7 Å². The molecule has 0 spiro atoms. The monoisotopic (exact) mass is 421 g/mol. The predicted molar refractivity (Wildman–Crippen MR) is 91.4 cm³/mol. The third-order valence-electron chi connectivity index (χ3n) is 4.07. The van der Waals surface area contributed by atoms with Crippen molar-refractivity contribution in [1.29, 1.82) is 0 Å². The number of ketones is 1. The van der Waals surface area contributed by atoms with Crippen molar-refractivity contribution >= 4 is 28.2 Å². The number of ether oxygens (including phenoxy) is 1. The molecular formula is C17H15ClF3NO4S. The molecule has 0 bridgehead atoms. The lowest BCUT2D eigenvalue weighted by molar-refractivity contribution is -0.176. The number of halogens is 4. The minimum absolute atomic E-state index is 0.0479. The lowest BCUT2D eigenvalue weighted by atomic mass is 9.98. The quantitative estimate of drug-likeness (QED) is 0.625. The van der Waals surface area contributed by atoms with Gasteiger partial charge in [-0.25, -0.2) is 0 Å². The van der Waals surface area contributed by atoms with Crippen LogP contribution in [0.25, 0.3) is 0 Å². The second-order valence-corrected chi connectivity index (χ2v) is 7.90. The Hall–Kier alpha value is -1.71. The van der Waals surface area contributed by atoms with Crippen LogP contribution in [0.3, 0.4) is 0 Å². The van der Waals surface area contributed by atoms with Crippen LogP contribution < -0.4 is 0 Å². The molecule has 0 saturated heterocycles. The molecule has 3 rings (SSSR count). The highest BCUT2D eigenvalue weighted by atomic mass is 35.5. The summed E-state index contributed by atoms with van der Waals surface area (Å²) in [6, 6.07) is 2.81. The first-order valence-electron chi connectivity index (χ1n) is 7.97. The molecule has 1 saturated carbocycles. The Morgan fingerprint density at radius 3 is 2.67 bits per heavy atom. The number of carbonyl (C=O) groups excluding carboxylic acids is 1. The van der Waals surface area contributed by atoms with Crippen LogP contribution in [0.2, 0.25) is 5.02 Å². The van der Waals surface area contributed by atoms with Crippen molar-refractivity contribution < 1.29 is 31.4 Å². The van der Waals surface area contributed by atoms with E-state index in [1.807, 2.05) is 0 Å². The maximum absolute atomic E-state index is 13.0. The summed E-state index contributed by atoms with van der Waals surface area (Å²) >= 11 is 6.23. The normalized spacial score (nSPS) is 15.7. The number of hydrogen-bond acceptors (Lipinski definition) is 5. The van der Waals surface area contributed by atoms with E-state index >= 15 is 0 Å². The molecule has 1 aliphatic rings. The molecule has 1 heterocycles. The molecular weight excluding hydrogens is 407 g/mol. The smallest absolute Gasteiger partial charge is 0.367 e.